The maximum absolute atomic E-state index is 2.39. The molecule has 0 aliphatic carbocycles. The lowest BCUT2D eigenvalue weighted by atomic mass is 9.95. The number of benzene rings is 12. The summed E-state index contributed by atoms with van der Waals surface area (Å²) in [7, 11) is 0. The third-order valence-electron chi connectivity index (χ3n) is 14.0. The maximum atomic E-state index is 2.39. The summed E-state index contributed by atoms with van der Waals surface area (Å²) in [4.78, 5) is 2.38. The van der Waals surface area contributed by atoms with E-state index < -0.39 is 0 Å². The minimum Gasteiger partial charge on any atom is -0.310 e. The molecule has 13 rings (SSSR count). The van der Waals surface area contributed by atoms with E-state index in [1.165, 1.54) is 87.9 Å². The number of rotatable bonds is 9. The zero-order valence-corrected chi connectivity index (χ0v) is 38.5. The molecule has 0 saturated heterocycles. The van der Waals surface area contributed by atoms with Gasteiger partial charge in [-0.3, -0.25) is 0 Å². The summed E-state index contributed by atoms with van der Waals surface area (Å²) in [5.74, 6) is 0. The van der Waals surface area contributed by atoms with Crippen molar-refractivity contribution in [1.82, 2.24) is 4.57 Å². The fraction of sp³-hybridized carbons (Fsp3) is 0. The molecule has 0 bridgehead atoms. The van der Waals surface area contributed by atoms with E-state index >= 15 is 0 Å². The van der Waals surface area contributed by atoms with Crippen LogP contribution in [0.15, 0.2) is 279 Å². The van der Waals surface area contributed by atoms with Crippen LogP contribution in [0.4, 0.5) is 17.1 Å². The van der Waals surface area contributed by atoms with Crippen LogP contribution in [-0.2, 0) is 0 Å². The van der Waals surface area contributed by atoms with Crippen LogP contribution in [0.5, 0.6) is 0 Å². The van der Waals surface area contributed by atoms with Crippen molar-refractivity contribution >= 4 is 60.4 Å². The monoisotopic (exact) mass is 890 g/mol. The molecule has 0 aliphatic heterocycles. The zero-order chi connectivity index (χ0) is 46.4. The molecule has 12 aromatic carbocycles. The summed E-state index contributed by atoms with van der Waals surface area (Å²) >= 11 is 0. The van der Waals surface area contributed by atoms with Crippen LogP contribution in [0.3, 0.4) is 0 Å². The van der Waals surface area contributed by atoms with Crippen LogP contribution in [0.2, 0.25) is 0 Å². The summed E-state index contributed by atoms with van der Waals surface area (Å²) < 4.78 is 2.39. The Bertz CT molecular complexity index is 4040. The highest BCUT2D eigenvalue weighted by Gasteiger charge is 2.18. The lowest BCUT2D eigenvalue weighted by Crippen LogP contribution is -2.10. The molecule has 0 saturated carbocycles. The van der Waals surface area contributed by atoms with Gasteiger partial charge in [-0.2, -0.15) is 0 Å². The van der Waals surface area contributed by atoms with Crippen molar-refractivity contribution in [3.05, 3.63) is 279 Å². The predicted molar refractivity (Wildman–Crippen MR) is 298 cm³/mol. The lowest BCUT2D eigenvalue weighted by molar-refractivity contribution is 1.18. The average molecular weight is 891 g/mol. The summed E-state index contributed by atoms with van der Waals surface area (Å²) in [6.45, 7) is 0. The summed E-state index contributed by atoms with van der Waals surface area (Å²) in [5.41, 5.74) is 18.7. The first-order valence-electron chi connectivity index (χ1n) is 24.1. The first-order chi connectivity index (χ1) is 34.7. The fourth-order valence-electron chi connectivity index (χ4n) is 10.6. The molecular formula is C68H46N2. The van der Waals surface area contributed by atoms with Gasteiger partial charge in [-0.1, -0.05) is 200 Å². The SMILES string of the molecule is c1ccc(-c2cccc(-c3ccc(N(c4ccc(-c5ccc6c(ccc7ccccc76)c5)cc4)c4cccc(-c5cccc(-c6cccc7c6c6ccccc6n7-c6ccccc6)c5)c4)cc3)c2)cc1. The van der Waals surface area contributed by atoms with Crippen molar-refractivity contribution in [2.45, 2.75) is 0 Å². The molecule has 0 aliphatic rings. The molecule has 1 heterocycles. The van der Waals surface area contributed by atoms with Crippen molar-refractivity contribution in [3.63, 3.8) is 0 Å². The Morgan fingerprint density at radius 2 is 0.714 bits per heavy atom. The Morgan fingerprint density at radius 3 is 1.44 bits per heavy atom. The smallest absolute Gasteiger partial charge is 0.0547 e. The number of hydrogen-bond acceptors (Lipinski definition) is 1. The van der Waals surface area contributed by atoms with Crippen molar-refractivity contribution in [1.29, 1.82) is 0 Å². The first kappa shape index (κ1) is 41.0. The molecule has 2 heteroatoms. The van der Waals surface area contributed by atoms with Crippen molar-refractivity contribution in [2.24, 2.45) is 0 Å². The third-order valence-corrected chi connectivity index (χ3v) is 14.0. The second-order valence-corrected chi connectivity index (χ2v) is 18.1. The van der Waals surface area contributed by atoms with E-state index in [9.17, 15) is 0 Å². The average Bonchev–Trinajstić information content (AvgIpc) is 3.79. The molecule has 328 valence electrons. The van der Waals surface area contributed by atoms with Gasteiger partial charge in [0.15, 0.2) is 0 Å². The fourth-order valence-corrected chi connectivity index (χ4v) is 10.6. The zero-order valence-electron chi connectivity index (χ0n) is 38.5. The molecule has 70 heavy (non-hydrogen) atoms. The van der Waals surface area contributed by atoms with E-state index in [0.29, 0.717) is 0 Å². The standard InChI is InChI=1S/C68H46N2/c1-3-15-47(16-4-1)51-18-11-19-52(43-51)48-33-38-59(39-34-48)69(60-40-35-49(36-41-60)55-37-42-63-57(45-55)32-31-50-17-7-8-26-62(50)63)61-25-13-21-54(46-61)53-20-12-22-56(44-53)64-28-14-30-67-68(64)65-27-9-10-29-66(65)70(67)58-23-5-2-6-24-58/h1-46H. The molecule has 0 spiro atoms. The highest BCUT2D eigenvalue weighted by Crippen LogP contribution is 2.42. The number of anilines is 3. The lowest BCUT2D eigenvalue weighted by Gasteiger charge is -2.26. The third kappa shape index (κ3) is 7.40. The van der Waals surface area contributed by atoms with Crippen molar-refractivity contribution < 1.29 is 0 Å². The highest BCUT2D eigenvalue weighted by molar-refractivity contribution is 6.16. The van der Waals surface area contributed by atoms with Crippen LogP contribution >= 0.6 is 0 Å². The molecular weight excluding hydrogens is 845 g/mol. The summed E-state index contributed by atoms with van der Waals surface area (Å²) in [6.07, 6.45) is 0. The quantitative estimate of drug-likeness (QED) is 0.131. The van der Waals surface area contributed by atoms with E-state index in [1.54, 1.807) is 0 Å². The Morgan fingerprint density at radius 1 is 0.243 bits per heavy atom. The minimum atomic E-state index is 1.08. The number of aromatic nitrogens is 1. The van der Waals surface area contributed by atoms with Gasteiger partial charge in [0.1, 0.15) is 0 Å². The largest absolute Gasteiger partial charge is 0.310 e. The topological polar surface area (TPSA) is 8.17 Å². The minimum absolute atomic E-state index is 1.08. The van der Waals surface area contributed by atoms with Crippen LogP contribution in [0.25, 0.3) is 105 Å². The van der Waals surface area contributed by atoms with Crippen LogP contribution in [0.1, 0.15) is 0 Å². The van der Waals surface area contributed by atoms with Gasteiger partial charge in [-0.25, -0.2) is 0 Å². The highest BCUT2D eigenvalue weighted by atomic mass is 15.1. The molecule has 0 fully saturated rings. The van der Waals surface area contributed by atoms with E-state index in [-0.39, 0.29) is 0 Å². The molecule has 0 radical (unpaired) electrons. The van der Waals surface area contributed by atoms with Gasteiger partial charge in [-0.15, -0.1) is 0 Å². The van der Waals surface area contributed by atoms with Gasteiger partial charge in [-0.05, 0) is 156 Å². The second-order valence-electron chi connectivity index (χ2n) is 18.1. The Kier molecular flexibility index (Phi) is 10.2. The molecule has 0 unspecified atom stereocenters. The number of nitrogens with zero attached hydrogens (tertiary/aromatic N) is 2. The van der Waals surface area contributed by atoms with Crippen molar-refractivity contribution in [2.75, 3.05) is 4.90 Å². The molecule has 13 aromatic rings. The second kappa shape index (κ2) is 17.4. The van der Waals surface area contributed by atoms with E-state index in [4.69, 9.17) is 0 Å². The van der Waals surface area contributed by atoms with E-state index in [0.717, 1.165) is 33.9 Å². The van der Waals surface area contributed by atoms with Crippen LogP contribution in [0, 0.1) is 0 Å². The van der Waals surface area contributed by atoms with Gasteiger partial charge < -0.3 is 9.47 Å². The van der Waals surface area contributed by atoms with Crippen LogP contribution in [-0.4, -0.2) is 4.57 Å². The van der Waals surface area contributed by atoms with E-state index in [1.807, 2.05) is 0 Å². The molecule has 2 nitrogen and oxygen atoms in total. The first-order valence-corrected chi connectivity index (χ1v) is 24.1. The van der Waals surface area contributed by atoms with Gasteiger partial charge >= 0.3 is 0 Å². The Hall–Kier alpha value is -9.24. The predicted octanol–water partition coefficient (Wildman–Crippen LogP) is 18.9. The summed E-state index contributed by atoms with van der Waals surface area (Å²) in [5, 5.41) is 7.57. The van der Waals surface area contributed by atoms with Gasteiger partial charge in [0.25, 0.3) is 0 Å². The number of para-hydroxylation sites is 2. The van der Waals surface area contributed by atoms with Gasteiger partial charge in [0.05, 0.1) is 11.0 Å². The van der Waals surface area contributed by atoms with Crippen LogP contribution < -0.4 is 4.90 Å². The molecule has 0 atom stereocenters. The van der Waals surface area contributed by atoms with Gasteiger partial charge in [0.2, 0.25) is 0 Å². The Labute approximate surface area is 408 Å². The van der Waals surface area contributed by atoms with E-state index in [2.05, 4.69) is 289 Å². The molecule has 1 aromatic heterocycles. The van der Waals surface area contributed by atoms with Gasteiger partial charge in [0, 0.05) is 33.5 Å². The summed E-state index contributed by atoms with van der Waals surface area (Å²) in [6, 6.07) is 102. The number of hydrogen-bond donors (Lipinski definition) is 0. The molecule has 0 N–H and O–H groups in total. The molecule has 0 amide bonds. The van der Waals surface area contributed by atoms with Crippen molar-refractivity contribution in [3.8, 4) is 61.3 Å². The number of fused-ring (bicyclic) bond motifs is 6. The Balaban J connectivity index is 0.890. The maximum Gasteiger partial charge on any atom is 0.0547 e. The normalized spacial score (nSPS) is 11.4.